The Morgan fingerprint density at radius 2 is 1.72 bits per heavy atom. The van der Waals surface area contributed by atoms with Crippen molar-refractivity contribution in [1.29, 1.82) is 0 Å². The fraction of sp³-hybridized carbons (Fsp3) is 0.478. The van der Waals surface area contributed by atoms with Crippen LogP contribution in [0.5, 0.6) is 0 Å². The Bertz CT molecular complexity index is 1020. The number of rotatable bonds is 5. The van der Waals surface area contributed by atoms with E-state index >= 15 is 0 Å². The Hall–Kier alpha value is -2.43. The van der Waals surface area contributed by atoms with Crippen LogP contribution in [0.1, 0.15) is 55.4 Å². The van der Waals surface area contributed by atoms with E-state index in [-0.39, 0.29) is 23.9 Å². The molecule has 2 aliphatic heterocycles. The first-order valence-electron chi connectivity index (χ1n) is 11.0. The molecule has 0 aliphatic carbocycles. The largest absolute Gasteiger partial charge is 0.363 e. The second-order valence-electron chi connectivity index (χ2n) is 8.64. The highest BCUT2D eigenvalue weighted by molar-refractivity contribution is 14.1. The number of hydrogen-bond acceptors (Lipinski definition) is 6. The van der Waals surface area contributed by atoms with E-state index in [9.17, 15) is 9.59 Å². The first-order valence-corrected chi connectivity index (χ1v) is 12.1. The number of amides is 2. The van der Waals surface area contributed by atoms with Crippen molar-refractivity contribution >= 4 is 46.2 Å². The summed E-state index contributed by atoms with van der Waals surface area (Å²) in [6.45, 7) is 10.8. The maximum absolute atomic E-state index is 13.1. The zero-order valence-corrected chi connectivity index (χ0v) is 21.1. The molecule has 1 unspecified atom stereocenters. The molecule has 1 fully saturated rings. The maximum Gasteiger partial charge on any atom is 0.273 e. The number of benzene rings is 1. The van der Waals surface area contributed by atoms with Gasteiger partial charge in [-0.3, -0.25) is 9.59 Å². The lowest BCUT2D eigenvalue weighted by molar-refractivity contribution is -0.129. The number of halogens is 1. The molecule has 1 saturated heterocycles. The molecule has 3 heterocycles. The highest BCUT2D eigenvalue weighted by atomic mass is 127. The number of piperazine rings is 1. The van der Waals surface area contributed by atoms with E-state index in [0.717, 1.165) is 11.1 Å². The summed E-state index contributed by atoms with van der Waals surface area (Å²) in [5, 5.41) is 3.54. The summed E-state index contributed by atoms with van der Waals surface area (Å²) in [6.07, 6.45) is 0. The lowest BCUT2D eigenvalue weighted by Crippen LogP contribution is -2.48. The molecule has 0 bridgehead atoms. The predicted molar refractivity (Wildman–Crippen MR) is 133 cm³/mol. The molecule has 0 radical (unpaired) electrons. The minimum atomic E-state index is -0.0500. The van der Waals surface area contributed by atoms with Crippen molar-refractivity contribution in [3.8, 4) is 0 Å². The Morgan fingerprint density at radius 1 is 1.06 bits per heavy atom. The number of hydrogen-bond donors (Lipinski definition) is 1. The van der Waals surface area contributed by atoms with Gasteiger partial charge in [0.1, 0.15) is 11.5 Å². The summed E-state index contributed by atoms with van der Waals surface area (Å²) in [5.41, 5.74) is 2.49. The Morgan fingerprint density at radius 3 is 2.31 bits per heavy atom. The third-order valence-corrected chi connectivity index (χ3v) is 6.86. The van der Waals surface area contributed by atoms with Gasteiger partial charge in [-0.2, -0.15) is 4.98 Å². The number of nitrogens with zero attached hydrogens (tertiary/aromatic N) is 5. The minimum absolute atomic E-state index is 0.0246. The van der Waals surface area contributed by atoms with Gasteiger partial charge in [-0.15, -0.1) is 0 Å². The first kappa shape index (κ1) is 22.8. The molecular formula is C23H29IN6O2. The molecule has 32 heavy (non-hydrogen) atoms. The third kappa shape index (κ3) is 4.53. The van der Waals surface area contributed by atoms with Gasteiger partial charge in [0.15, 0.2) is 0 Å². The van der Waals surface area contributed by atoms with E-state index in [0.29, 0.717) is 50.2 Å². The van der Waals surface area contributed by atoms with Crippen molar-refractivity contribution in [2.24, 2.45) is 0 Å². The SMILES string of the molecule is CC(=O)N1CCN(c2nc(NC(C)c3ccc(I)cc3)c3c(n2)C(=O)N(C(C)C)C3)CC1. The number of carbonyl (C=O) groups excluding carboxylic acids is 2. The van der Waals surface area contributed by atoms with Crippen LogP contribution in [0.25, 0.3) is 0 Å². The van der Waals surface area contributed by atoms with Crippen molar-refractivity contribution in [3.63, 3.8) is 0 Å². The minimum Gasteiger partial charge on any atom is -0.363 e. The molecule has 0 saturated carbocycles. The molecule has 1 aromatic heterocycles. The van der Waals surface area contributed by atoms with Gasteiger partial charge in [-0.1, -0.05) is 12.1 Å². The molecule has 0 spiro atoms. The second kappa shape index (κ2) is 9.21. The van der Waals surface area contributed by atoms with E-state index in [1.807, 2.05) is 23.6 Å². The van der Waals surface area contributed by atoms with Gasteiger partial charge in [0.25, 0.3) is 5.91 Å². The molecule has 8 nitrogen and oxygen atoms in total. The van der Waals surface area contributed by atoms with Crippen LogP contribution in [0.4, 0.5) is 11.8 Å². The van der Waals surface area contributed by atoms with Crippen molar-refractivity contribution < 1.29 is 9.59 Å². The van der Waals surface area contributed by atoms with Crippen LogP contribution in [-0.2, 0) is 11.3 Å². The molecule has 4 rings (SSSR count). The molecular weight excluding hydrogens is 519 g/mol. The molecule has 2 aliphatic rings. The molecule has 1 atom stereocenters. The van der Waals surface area contributed by atoms with Crippen molar-refractivity contribution in [2.45, 2.75) is 46.3 Å². The zero-order chi connectivity index (χ0) is 23.0. The van der Waals surface area contributed by atoms with E-state index < -0.39 is 0 Å². The highest BCUT2D eigenvalue weighted by Crippen LogP contribution is 2.32. The Balaban J connectivity index is 1.66. The number of aromatic nitrogens is 2. The second-order valence-corrected chi connectivity index (χ2v) is 9.88. The van der Waals surface area contributed by atoms with Crippen LogP contribution in [0.15, 0.2) is 24.3 Å². The fourth-order valence-electron chi connectivity index (χ4n) is 4.12. The fourth-order valence-corrected chi connectivity index (χ4v) is 4.48. The van der Waals surface area contributed by atoms with Crippen LogP contribution in [0.3, 0.4) is 0 Å². The topological polar surface area (TPSA) is 81.7 Å². The summed E-state index contributed by atoms with van der Waals surface area (Å²) in [4.78, 5) is 40.1. The summed E-state index contributed by atoms with van der Waals surface area (Å²) in [6, 6.07) is 8.49. The average Bonchev–Trinajstić information content (AvgIpc) is 3.11. The zero-order valence-electron chi connectivity index (χ0n) is 18.9. The standard InChI is InChI=1S/C23H29IN6O2/c1-14(2)30-13-19-20(22(30)32)26-23(29-11-9-28(10-12-29)16(4)31)27-21(19)25-15(3)17-5-7-18(24)8-6-17/h5-8,14-15H,9-13H2,1-4H3,(H,25,26,27). The van der Waals surface area contributed by atoms with Gasteiger partial charge in [0.2, 0.25) is 11.9 Å². The number of carbonyl (C=O) groups is 2. The van der Waals surface area contributed by atoms with Gasteiger partial charge in [0.05, 0.1) is 6.54 Å². The molecule has 1 N–H and O–H groups in total. The van der Waals surface area contributed by atoms with Crippen LogP contribution in [-0.4, -0.2) is 63.8 Å². The predicted octanol–water partition coefficient (Wildman–Crippen LogP) is 3.29. The van der Waals surface area contributed by atoms with Crippen LogP contribution < -0.4 is 10.2 Å². The molecule has 2 aromatic rings. The summed E-state index contributed by atoms with van der Waals surface area (Å²) >= 11 is 2.30. The third-order valence-electron chi connectivity index (χ3n) is 6.14. The van der Waals surface area contributed by atoms with Gasteiger partial charge < -0.3 is 20.0 Å². The van der Waals surface area contributed by atoms with Crippen LogP contribution in [0, 0.1) is 3.57 Å². The van der Waals surface area contributed by atoms with Crippen molar-refractivity contribution in [2.75, 3.05) is 36.4 Å². The van der Waals surface area contributed by atoms with Crippen LogP contribution in [0.2, 0.25) is 0 Å². The maximum atomic E-state index is 13.1. The summed E-state index contributed by atoms with van der Waals surface area (Å²) in [5.74, 6) is 1.28. The van der Waals surface area contributed by atoms with Gasteiger partial charge >= 0.3 is 0 Å². The normalized spacial score (nSPS) is 17.1. The smallest absolute Gasteiger partial charge is 0.273 e. The lowest BCUT2D eigenvalue weighted by Gasteiger charge is -2.34. The van der Waals surface area contributed by atoms with Crippen LogP contribution >= 0.6 is 22.6 Å². The Kier molecular flexibility index (Phi) is 6.55. The van der Waals surface area contributed by atoms with Crippen molar-refractivity contribution in [3.05, 3.63) is 44.7 Å². The first-order chi connectivity index (χ1) is 15.2. The summed E-state index contributed by atoms with van der Waals surface area (Å²) < 4.78 is 1.19. The molecule has 1 aromatic carbocycles. The number of anilines is 2. The quantitative estimate of drug-likeness (QED) is 0.578. The summed E-state index contributed by atoms with van der Waals surface area (Å²) in [7, 11) is 0. The Labute approximate surface area is 202 Å². The van der Waals surface area contributed by atoms with Crippen molar-refractivity contribution in [1.82, 2.24) is 19.8 Å². The number of fused-ring (bicyclic) bond motifs is 1. The molecule has 170 valence electrons. The van der Waals surface area contributed by atoms with E-state index in [1.165, 1.54) is 3.57 Å². The number of nitrogens with one attached hydrogen (secondary N) is 1. The van der Waals surface area contributed by atoms with Gasteiger partial charge in [-0.05, 0) is 61.1 Å². The van der Waals surface area contributed by atoms with Gasteiger partial charge in [-0.25, -0.2) is 4.98 Å². The monoisotopic (exact) mass is 548 g/mol. The average molecular weight is 548 g/mol. The van der Waals surface area contributed by atoms with E-state index in [2.05, 4.69) is 64.0 Å². The highest BCUT2D eigenvalue weighted by Gasteiger charge is 2.35. The molecule has 2 amide bonds. The van der Waals surface area contributed by atoms with E-state index in [1.54, 1.807) is 6.92 Å². The lowest BCUT2D eigenvalue weighted by atomic mass is 10.1. The van der Waals surface area contributed by atoms with E-state index in [4.69, 9.17) is 9.97 Å². The van der Waals surface area contributed by atoms with Gasteiger partial charge in [0, 0.05) is 54.3 Å². The molecule has 9 heteroatoms.